The van der Waals surface area contributed by atoms with Gasteiger partial charge < -0.3 is 19.4 Å². The van der Waals surface area contributed by atoms with E-state index in [4.69, 9.17) is 9.72 Å². The summed E-state index contributed by atoms with van der Waals surface area (Å²) in [5.41, 5.74) is 4.38. The first-order chi connectivity index (χ1) is 15.9. The lowest BCUT2D eigenvalue weighted by molar-refractivity contribution is -0.157. The Hall–Kier alpha value is -2.93. The van der Waals surface area contributed by atoms with Crippen LogP contribution in [0.4, 0.5) is 0 Å². The van der Waals surface area contributed by atoms with Crippen molar-refractivity contribution in [3.63, 3.8) is 0 Å². The molecule has 1 fully saturated rings. The SMILES string of the molecule is CCn1c(-c2c[nH]c(=O)c(C)c2)nc2cc(CC[C@H](C(=O)OC3CCCC3)[C@@H](C)O)ccc21. The molecule has 7 heteroatoms. The van der Waals surface area contributed by atoms with E-state index >= 15 is 0 Å². The molecule has 3 aromatic rings. The van der Waals surface area contributed by atoms with Crippen molar-refractivity contribution in [1.82, 2.24) is 14.5 Å². The van der Waals surface area contributed by atoms with Crippen LogP contribution in [0.2, 0.25) is 0 Å². The second kappa shape index (κ2) is 9.91. The number of carbonyl (C=O) groups is 1. The molecule has 1 aliphatic rings. The van der Waals surface area contributed by atoms with Crippen LogP contribution in [0, 0.1) is 12.8 Å². The van der Waals surface area contributed by atoms with Crippen molar-refractivity contribution in [1.29, 1.82) is 0 Å². The highest BCUT2D eigenvalue weighted by molar-refractivity contribution is 5.81. The van der Waals surface area contributed by atoms with E-state index < -0.39 is 12.0 Å². The zero-order valence-corrected chi connectivity index (χ0v) is 19.6. The smallest absolute Gasteiger partial charge is 0.311 e. The van der Waals surface area contributed by atoms with E-state index in [1.54, 1.807) is 20.0 Å². The summed E-state index contributed by atoms with van der Waals surface area (Å²) in [7, 11) is 0. The average molecular weight is 452 g/mol. The third-order valence-electron chi connectivity index (χ3n) is 6.69. The summed E-state index contributed by atoms with van der Waals surface area (Å²) in [5.74, 6) is -0.0101. The number of benzene rings is 1. The molecule has 2 atom stereocenters. The summed E-state index contributed by atoms with van der Waals surface area (Å²) in [4.78, 5) is 32.0. The Morgan fingerprint density at radius 3 is 2.73 bits per heavy atom. The van der Waals surface area contributed by atoms with Crippen molar-refractivity contribution in [2.75, 3.05) is 0 Å². The minimum absolute atomic E-state index is 0.00286. The maximum atomic E-state index is 12.6. The van der Waals surface area contributed by atoms with Crippen LogP contribution in [0.5, 0.6) is 0 Å². The molecule has 0 unspecified atom stereocenters. The molecule has 2 heterocycles. The lowest BCUT2D eigenvalue weighted by Gasteiger charge is -2.21. The van der Waals surface area contributed by atoms with Crippen LogP contribution >= 0.6 is 0 Å². The molecule has 176 valence electrons. The monoisotopic (exact) mass is 451 g/mol. The summed E-state index contributed by atoms with van der Waals surface area (Å²) in [6.45, 7) is 6.27. The number of pyridine rings is 1. The summed E-state index contributed by atoms with van der Waals surface area (Å²) in [6.07, 6.45) is 6.17. The van der Waals surface area contributed by atoms with Gasteiger partial charge in [0.25, 0.3) is 5.56 Å². The number of aliphatic hydroxyl groups excluding tert-OH is 1. The van der Waals surface area contributed by atoms with E-state index in [-0.39, 0.29) is 17.6 Å². The fourth-order valence-electron chi connectivity index (χ4n) is 4.73. The lowest BCUT2D eigenvalue weighted by Crippen LogP contribution is -2.30. The summed E-state index contributed by atoms with van der Waals surface area (Å²) in [6, 6.07) is 8.01. The Balaban J connectivity index is 1.54. The molecular weight excluding hydrogens is 418 g/mol. The highest BCUT2D eigenvalue weighted by Crippen LogP contribution is 2.27. The van der Waals surface area contributed by atoms with Crippen LogP contribution in [-0.4, -0.2) is 37.8 Å². The van der Waals surface area contributed by atoms with Gasteiger partial charge in [0.05, 0.1) is 23.1 Å². The molecular formula is C26H33N3O4. The van der Waals surface area contributed by atoms with Gasteiger partial charge in [0.15, 0.2) is 0 Å². The lowest BCUT2D eigenvalue weighted by atomic mass is 9.95. The summed E-state index contributed by atoms with van der Waals surface area (Å²) < 4.78 is 7.78. The van der Waals surface area contributed by atoms with Gasteiger partial charge in [0.1, 0.15) is 11.9 Å². The molecule has 1 aliphatic carbocycles. The van der Waals surface area contributed by atoms with Crippen molar-refractivity contribution in [2.45, 2.75) is 78.0 Å². The van der Waals surface area contributed by atoms with Crippen LogP contribution in [0.1, 0.15) is 57.1 Å². The maximum Gasteiger partial charge on any atom is 0.311 e. The standard InChI is InChI=1S/C26H33N3O4/c1-4-29-23-12-10-18(9-11-21(17(3)30)26(32)33-20-7-5-6-8-20)14-22(23)28-24(29)19-13-16(2)25(31)27-15-19/h10,12-15,17,20-21,30H,4-9,11H2,1-3H3,(H,27,31)/t17-,21+/m1/s1. The second-order valence-corrected chi connectivity index (χ2v) is 9.13. The Labute approximate surface area is 193 Å². The maximum absolute atomic E-state index is 12.6. The number of aromatic amines is 1. The topological polar surface area (TPSA) is 97.2 Å². The number of aromatic nitrogens is 3. The predicted molar refractivity (Wildman–Crippen MR) is 128 cm³/mol. The zero-order chi connectivity index (χ0) is 23.5. The molecule has 0 saturated heterocycles. The number of hydrogen-bond donors (Lipinski definition) is 2. The Morgan fingerprint density at radius 1 is 1.30 bits per heavy atom. The first-order valence-corrected chi connectivity index (χ1v) is 11.9. The molecule has 1 saturated carbocycles. The predicted octanol–water partition coefficient (Wildman–Crippen LogP) is 4.14. The summed E-state index contributed by atoms with van der Waals surface area (Å²) >= 11 is 0. The Morgan fingerprint density at radius 2 is 2.06 bits per heavy atom. The van der Waals surface area contributed by atoms with E-state index in [1.807, 2.05) is 12.1 Å². The van der Waals surface area contributed by atoms with Crippen LogP contribution in [0.25, 0.3) is 22.4 Å². The number of rotatable bonds is 8. The molecule has 7 nitrogen and oxygen atoms in total. The van der Waals surface area contributed by atoms with Gasteiger partial charge in [-0.3, -0.25) is 9.59 Å². The van der Waals surface area contributed by atoms with Gasteiger partial charge in [-0.2, -0.15) is 0 Å². The molecule has 0 radical (unpaired) electrons. The molecule has 4 rings (SSSR count). The second-order valence-electron chi connectivity index (χ2n) is 9.13. The van der Waals surface area contributed by atoms with Crippen molar-refractivity contribution >= 4 is 17.0 Å². The quantitative estimate of drug-likeness (QED) is 0.502. The minimum Gasteiger partial charge on any atom is -0.462 e. The molecule has 1 aromatic carbocycles. The van der Waals surface area contributed by atoms with Crippen LogP contribution in [-0.2, 0) is 22.5 Å². The molecule has 0 spiro atoms. The zero-order valence-electron chi connectivity index (χ0n) is 19.6. The van der Waals surface area contributed by atoms with Gasteiger partial charge in [-0.05, 0) is 83.1 Å². The van der Waals surface area contributed by atoms with Crippen molar-refractivity contribution in [3.8, 4) is 11.4 Å². The third kappa shape index (κ3) is 5.03. The van der Waals surface area contributed by atoms with Crippen molar-refractivity contribution in [3.05, 3.63) is 51.9 Å². The van der Waals surface area contributed by atoms with Gasteiger partial charge in [-0.25, -0.2) is 4.98 Å². The number of ether oxygens (including phenoxy) is 1. The largest absolute Gasteiger partial charge is 0.462 e. The number of H-pyrrole nitrogens is 1. The number of aliphatic hydroxyl groups is 1. The Kier molecular flexibility index (Phi) is 6.98. The minimum atomic E-state index is -0.753. The van der Waals surface area contributed by atoms with E-state index in [9.17, 15) is 14.7 Å². The Bertz CT molecular complexity index is 1190. The van der Waals surface area contributed by atoms with E-state index in [0.29, 0.717) is 18.4 Å². The highest BCUT2D eigenvalue weighted by Gasteiger charge is 2.28. The normalized spacial score (nSPS) is 16.2. The van der Waals surface area contributed by atoms with Gasteiger partial charge in [0.2, 0.25) is 0 Å². The van der Waals surface area contributed by atoms with E-state index in [0.717, 1.165) is 60.2 Å². The number of nitrogens with one attached hydrogen (secondary N) is 1. The number of imidazole rings is 1. The van der Waals surface area contributed by atoms with Crippen LogP contribution in [0.3, 0.4) is 0 Å². The van der Waals surface area contributed by atoms with Crippen LogP contribution < -0.4 is 5.56 Å². The number of aryl methyl sites for hydroxylation is 3. The van der Waals surface area contributed by atoms with Gasteiger partial charge in [-0.1, -0.05) is 6.07 Å². The van der Waals surface area contributed by atoms with Crippen LogP contribution in [0.15, 0.2) is 35.3 Å². The highest BCUT2D eigenvalue weighted by atomic mass is 16.5. The fraction of sp³-hybridized carbons (Fsp3) is 0.500. The van der Waals surface area contributed by atoms with E-state index in [1.165, 1.54) is 0 Å². The van der Waals surface area contributed by atoms with Gasteiger partial charge in [-0.15, -0.1) is 0 Å². The molecule has 0 bridgehead atoms. The molecule has 0 aliphatic heterocycles. The van der Waals surface area contributed by atoms with Gasteiger partial charge in [0, 0.05) is 23.9 Å². The number of nitrogens with zero attached hydrogens (tertiary/aromatic N) is 2. The molecule has 0 amide bonds. The molecule has 33 heavy (non-hydrogen) atoms. The average Bonchev–Trinajstić information content (AvgIpc) is 3.42. The number of fused-ring (bicyclic) bond motifs is 1. The fourth-order valence-corrected chi connectivity index (χ4v) is 4.73. The van der Waals surface area contributed by atoms with Crippen molar-refractivity contribution in [2.24, 2.45) is 5.92 Å². The van der Waals surface area contributed by atoms with E-state index in [2.05, 4.69) is 28.6 Å². The summed E-state index contributed by atoms with van der Waals surface area (Å²) in [5, 5.41) is 10.2. The first kappa shape index (κ1) is 23.2. The molecule has 2 aromatic heterocycles. The first-order valence-electron chi connectivity index (χ1n) is 11.9. The number of hydrogen-bond acceptors (Lipinski definition) is 5. The third-order valence-corrected chi connectivity index (χ3v) is 6.69. The van der Waals surface area contributed by atoms with Gasteiger partial charge >= 0.3 is 5.97 Å². The molecule has 2 N–H and O–H groups in total. The number of carbonyl (C=O) groups excluding carboxylic acids is 1. The van der Waals surface area contributed by atoms with Crippen molar-refractivity contribution < 1.29 is 14.6 Å². The number of esters is 1.